The standard InChI is InChI=1S/C32H48N2O5/c1-25(2)13-18-34(24-31(37-4)38-5)30(36)15-22-39-21-14-26-11-12-29(35)28(23-26)32(16-19-33(3)20-17-32)27-9-7-6-8-10-27/h6-12,23,25,31,35H,13-22,24H2,1-5H3. The fourth-order valence-corrected chi connectivity index (χ4v) is 5.36. The van der Waals surface area contributed by atoms with Crippen molar-refractivity contribution in [3.8, 4) is 5.75 Å². The molecule has 3 rings (SSSR count). The zero-order valence-electron chi connectivity index (χ0n) is 24.5. The van der Waals surface area contributed by atoms with Crippen LogP contribution in [0.3, 0.4) is 0 Å². The number of phenolic OH excluding ortho intramolecular Hbond substituents is 1. The first-order valence-corrected chi connectivity index (χ1v) is 14.3. The van der Waals surface area contributed by atoms with Crippen molar-refractivity contribution < 1.29 is 24.1 Å². The van der Waals surface area contributed by atoms with E-state index in [-0.39, 0.29) is 11.3 Å². The third-order valence-electron chi connectivity index (χ3n) is 7.96. The Morgan fingerprint density at radius 3 is 2.38 bits per heavy atom. The molecule has 0 aliphatic carbocycles. The molecule has 0 bridgehead atoms. The molecule has 216 valence electrons. The van der Waals surface area contributed by atoms with E-state index in [4.69, 9.17) is 14.2 Å². The second-order valence-electron chi connectivity index (χ2n) is 11.1. The van der Waals surface area contributed by atoms with Crippen LogP contribution in [0.5, 0.6) is 5.75 Å². The molecule has 1 aliphatic heterocycles. The van der Waals surface area contributed by atoms with Crippen LogP contribution < -0.4 is 0 Å². The number of ether oxygens (including phenoxy) is 3. The number of carbonyl (C=O) groups excluding carboxylic acids is 1. The van der Waals surface area contributed by atoms with Crippen LogP contribution in [0, 0.1) is 5.92 Å². The van der Waals surface area contributed by atoms with E-state index in [0.29, 0.717) is 44.4 Å². The molecular weight excluding hydrogens is 492 g/mol. The van der Waals surface area contributed by atoms with E-state index in [9.17, 15) is 9.90 Å². The van der Waals surface area contributed by atoms with Gasteiger partial charge in [0.1, 0.15) is 5.75 Å². The summed E-state index contributed by atoms with van der Waals surface area (Å²) in [6.45, 7) is 8.25. The Morgan fingerprint density at radius 2 is 1.74 bits per heavy atom. The lowest BCUT2D eigenvalue weighted by Crippen LogP contribution is -2.41. The van der Waals surface area contributed by atoms with Gasteiger partial charge in [-0.15, -0.1) is 0 Å². The van der Waals surface area contributed by atoms with Crippen LogP contribution in [-0.2, 0) is 30.8 Å². The number of aromatic hydroxyl groups is 1. The van der Waals surface area contributed by atoms with E-state index in [1.54, 1.807) is 14.2 Å². The summed E-state index contributed by atoms with van der Waals surface area (Å²) in [5, 5.41) is 11.0. The summed E-state index contributed by atoms with van der Waals surface area (Å²) in [5.41, 5.74) is 3.18. The molecule has 1 N–H and O–H groups in total. The van der Waals surface area contributed by atoms with Crippen LogP contribution >= 0.6 is 0 Å². The maximum Gasteiger partial charge on any atom is 0.225 e. The molecule has 39 heavy (non-hydrogen) atoms. The number of carbonyl (C=O) groups is 1. The second kappa shape index (κ2) is 15.4. The van der Waals surface area contributed by atoms with Gasteiger partial charge < -0.3 is 29.1 Å². The van der Waals surface area contributed by atoms with E-state index in [1.807, 2.05) is 23.1 Å². The smallest absolute Gasteiger partial charge is 0.225 e. The highest BCUT2D eigenvalue weighted by molar-refractivity contribution is 5.76. The fraction of sp³-hybridized carbons (Fsp3) is 0.594. The lowest BCUT2D eigenvalue weighted by atomic mass is 9.67. The fourth-order valence-electron chi connectivity index (χ4n) is 5.36. The predicted octanol–water partition coefficient (Wildman–Crippen LogP) is 4.85. The number of hydrogen-bond acceptors (Lipinski definition) is 6. The van der Waals surface area contributed by atoms with Crippen LogP contribution in [0.1, 0.15) is 56.2 Å². The van der Waals surface area contributed by atoms with Crippen LogP contribution in [0.2, 0.25) is 0 Å². The molecule has 7 heteroatoms. The Bertz CT molecular complexity index is 1000. The Labute approximate surface area is 235 Å². The minimum atomic E-state index is -0.436. The molecule has 0 unspecified atom stereocenters. The van der Waals surface area contributed by atoms with Crippen molar-refractivity contribution in [1.29, 1.82) is 0 Å². The van der Waals surface area contributed by atoms with Gasteiger partial charge in [0.25, 0.3) is 0 Å². The van der Waals surface area contributed by atoms with Gasteiger partial charge in [0, 0.05) is 31.7 Å². The first kappa shape index (κ1) is 31.1. The molecule has 0 atom stereocenters. The maximum atomic E-state index is 12.9. The molecular formula is C32H48N2O5. The van der Waals surface area contributed by atoms with Crippen molar-refractivity contribution in [1.82, 2.24) is 9.80 Å². The number of hydrogen-bond donors (Lipinski definition) is 1. The van der Waals surface area contributed by atoms with Gasteiger partial charge in [-0.2, -0.15) is 0 Å². The van der Waals surface area contributed by atoms with E-state index >= 15 is 0 Å². The molecule has 0 spiro atoms. The number of rotatable bonds is 15. The lowest BCUT2D eigenvalue weighted by molar-refractivity contribution is -0.146. The van der Waals surface area contributed by atoms with E-state index < -0.39 is 6.29 Å². The molecule has 1 saturated heterocycles. The molecule has 7 nitrogen and oxygen atoms in total. The third-order valence-corrected chi connectivity index (χ3v) is 7.96. The molecule has 1 heterocycles. The van der Waals surface area contributed by atoms with E-state index in [2.05, 4.69) is 56.1 Å². The van der Waals surface area contributed by atoms with Crippen molar-refractivity contribution in [3.05, 3.63) is 65.2 Å². The molecule has 0 saturated carbocycles. The number of likely N-dealkylation sites (tertiary alicyclic amines) is 1. The largest absolute Gasteiger partial charge is 0.508 e. The van der Waals surface area contributed by atoms with Crippen molar-refractivity contribution >= 4 is 5.91 Å². The van der Waals surface area contributed by atoms with Crippen LogP contribution in [0.4, 0.5) is 0 Å². The molecule has 2 aromatic rings. The zero-order valence-corrected chi connectivity index (χ0v) is 24.5. The van der Waals surface area contributed by atoms with Gasteiger partial charge in [-0.1, -0.05) is 56.3 Å². The Hall–Kier alpha value is -2.45. The molecule has 2 aromatic carbocycles. The van der Waals surface area contributed by atoms with Gasteiger partial charge in [0.15, 0.2) is 6.29 Å². The molecule has 1 amide bonds. The number of piperidine rings is 1. The summed E-state index contributed by atoms with van der Waals surface area (Å²) < 4.78 is 16.5. The van der Waals surface area contributed by atoms with Crippen LogP contribution in [-0.4, -0.2) is 87.8 Å². The van der Waals surface area contributed by atoms with Crippen molar-refractivity contribution in [2.24, 2.45) is 5.92 Å². The SMILES string of the molecule is COC(CN(CCC(C)C)C(=O)CCOCCc1ccc(O)c(C2(c3ccccc3)CCN(C)CC2)c1)OC. The first-order chi connectivity index (χ1) is 18.8. The quantitative estimate of drug-likeness (QED) is 0.257. The molecule has 0 radical (unpaired) electrons. The van der Waals surface area contributed by atoms with Crippen molar-refractivity contribution in [3.63, 3.8) is 0 Å². The van der Waals surface area contributed by atoms with E-state index in [1.165, 1.54) is 5.56 Å². The topological polar surface area (TPSA) is 71.5 Å². The number of amides is 1. The minimum absolute atomic E-state index is 0.0498. The summed E-state index contributed by atoms with van der Waals surface area (Å²) in [7, 11) is 5.33. The van der Waals surface area contributed by atoms with Crippen LogP contribution in [0.25, 0.3) is 0 Å². The monoisotopic (exact) mass is 540 g/mol. The zero-order chi connectivity index (χ0) is 28.3. The molecule has 1 fully saturated rings. The van der Waals surface area contributed by atoms with Crippen molar-refractivity contribution in [2.75, 3.05) is 60.7 Å². The first-order valence-electron chi connectivity index (χ1n) is 14.3. The summed E-state index contributed by atoms with van der Waals surface area (Å²) in [5.74, 6) is 0.908. The average Bonchev–Trinajstić information content (AvgIpc) is 2.95. The normalized spacial score (nSPS) is 15.7. The lowest BCUT2D eigenvalue weighted by Gasteiger charge is -2.42. The average molecular weight is 541 g/mol. The van der Waals surface area contributed by atoms with Crippen LogP contribution in [0.15, 0.2) is 48.5 Å². The number of nitrogens with zero attached hydrogens (tertiary/aromatic N) is 2. The molecule has 0 aromatic heterocycles. The molecule has 1 aliphatic rings. The Morgan fingerprint density at radius 1 is 1.05 bits per heavy atom. The van der Waals surface area contributed by atoms with Gasteiger partial charge in [0.05, 0.1) is 26.2 Å². The van der Waals surface area contributed by atoms with Gasteiger partial charge >= 0.3 is 0 Å². The number of methoxy groups -OCH3 is 2. The highest BCUT2D eigenvalue weighted by Crippen LogP contribution is 2.45. The van der Waals surface area contributed by atoms with Crippen molar-refractivity contribution in [2.45, 2.75) is 57.7 Å². The highest BCUT2D eigenvalue weighted by atomic mass is 16.7. The minimum Gasteiger partial charge on any atom is -0.508 e. The Balaban J connectivity index is 1.59. The number of benzene rings is 2. The summed E-state index contributed by atoms with van der Waals surface area (Å²) in [6.07, 6.45) is 3.46. The predicted molar refractivity (Wildman–Crippen MR) is 155 cm³/mol. The van der Waals surface area contributed by atoms with Gasteiger partial charge in [-0.25, -0.2) is 0 Å². The van der Waals surface area contributed by atoms with Gasteiger partial charge in [-0.05, 0) is 68.9 Å². The number of phenols is 1. The van der Waals surface area contributed by atoms with Gasteiger partial charge in [0.2, 0.25) is 5.91 Å². The highest BCUT2D eigenvalue weighted by Gasteiger charge is 2.39. The summed E-state index contributed by atoms with van der Waals surface area (Å²) >= 11 is 0. The van der Waals surface area contributed by atoms with Gasteiger partial charge in [-0.3, -0.25) is 4.79 Å². The summed E-state index contributed by atoms with van der Waals surface area (Å²) in [6, 6.07) is 16.5. The third kappa shape index (κ3) is 8.77. The maximum absolute atomic E-state index is 12.9. The Kier molecular flexibility index (Phi) is 12.2. The van der Waals surface area contributed by atoms with E-state index in [0.717, 1.165) is 49.9 Å². The second-order valence-corrected chi connectivity index (χ2v) is 11.1. The summed E-state index contributed by atoms with van der Waals surface area (Å²) in [4.78, 5) is 17.1.